The lowest BCUT2D eigenvalue weighted by molar-refractivity contribution is 1.11. The Morgan fingerprint density at radius 2 is 1.77 bits per heavy atom. The molecule has 0 bridgehead atoms. The van der Waals surface area contributed by atoms with E-state index >= 15 is 0 Å². The Kier molecular flexibility index (Phi) is 3.13. The monoisotopic (exact) mass is 305 g/mol. The van der Waals surface area contributed by atoms with E-state index in [4.69, 9.17) is 11.6 Å². The van der Waals surface area contributed by atoms with Gasteiger partial charge in [0.25, 0.3) is 0 Å². The Hall–Kier alpha value is -2.65. The molecule has 0 atom stereocenters. The third-order valence-corrected chi connectivity index (χ3v) is 3.87. The summed E-state index contributed by atoms with van der Waals surface area (Å²) in [6.07, 6.45) is 5.48. The average Bonchev–Trinajstić information content (AvgIpc) is 2.96. The zero-order chi connectivity index (χ0) is 14.9. The van der Waals surface area contributed by atoms with Gasteiger partial charge in [-0.25, -0.2) is 0 Å². The first-order chi connectivity index (χ1) is 10.8. The normalized spacial score (nSPS) is 11.0. The van der Waals surface area contributed by atoms with Crippen LogP contribution in [0.1, 0.15) is 0 Å². The third-order valence-electron chi connectivity index (χ3n) is 3.62. The maximum absolute atomic E-state index is 6.01. The highest BCUT2D eigenvalue weighted by atomic mass is 35.5. The zero-order valence-electron chi connectivity index (χ0n) is 11.6. The quantitative estimate of drug-likeness (QED) is 0.535. The summed E-state index contributed by atoms with van der Waals surface area (Å²) in [5.74, 6) is 0. The summed E-state index contributed by atoms with van der Waals surface area (Å²) in [7, 11) is 0. The first-order valence-electron chi connectivity index (χ1n) is 6.96. The average molecular weight is 306 g/mol. The van der Waals surface area contributed by atoms with E-state index in [1.165, 1.54) is 0 Å². The van der Waals surface area contributed by atoms with Gasteiger partial charge < -0.3 is 4.57 Å². The van der Waals surface area contributed by atoms with Crippen LogP contribution in [0, 0.1) is 0 Å². The number of fused-ring (bicyclic) bond motifs is 1. The van der Waals surface area contributed by atoms with Crippen LogP contribution in [0.4, 0.5) is 0 Å². The number of rotatable bonds is 2. The topological polar surface area (TPSA) is 30.7 Å². The smallest absolute Gasteiger partial charge is 0.0870 e. The predicted molar refractivity (Wildman–Crippen MR) is 89.3 cm³/mol. The van der Waals surface area contributed by atoms with Crippen molar-refractivity contribution in [2.24, 2.45) is 0 Å². The second-order valence-electron chi connectivity index (χ2n) is 4.99. The predicted octanol–water partition coefficient (Wildman–Crippen LogP) is 4.74. The molecule has 106 valence electrons. The Labute approximate surface area is 132 Å². The molecule has 3 aromatic heterocycles. The number of benzene rings is 1. The van der Waals surface area contributed by atoms with Gasteiger partial charge in [0.05, 0.1) is 23.1 Å². The minimum absolute atomic E-state index is 0.720. The van der Waals surface area contributed by atoms with Gasteiger partial charge in [0.15, 0.2) is 0 Å². The highest BCUT2D eigenvalue weighted by Crippen LogP contribution is 2.30. The first-order valence-corrected chi connectivity index (χ1v) is 7.33. The molecular weight excluding hydrogens is 294 g/mol. The van der Waals surface area contributed by atoms with E-state index < -0.39 is 0 Å². The van der Waals surface area contributed by atoms with E-state index in [0.29, 0.717) is 0 Å². The van der Waals surface area contributed by atoms with Crippen molar-refractivity contribution in [1.82, 2.24) is 14.5 Å². The Bertz CT molecular complexity index is 928. The summed E-state index contributed by atoms with van der Waals surface area (Å²) in [4.78, 5) is 8.74. The van der Waals surface area contributed by atoms with Crippen LogP contribution in [-0.4, -0.2) is 14.5 Å². The molecule has 0 amide bonds. The van der Waals surface area contributed by atoms with Gasteiger partial charge in [0.2, 0.25) is 0 Å². The maximum Gasteiger partial charge on any atom is 0.0870 e. The van der Waals surface area contributed by atoms with Crippen LogP contribution in [0.15, 0.2) is 73.2 Å². The molecule has 3 nitrogen and oxygen atoms in total. The van der Waals surface area contributed by atoms with Gasteiger partial charge in [0, 0.05) is 28.5 Å². The summed E-state index contributed by atoms with van der Waals surface area (Å²) >= 11 is 6.01. The second-order valence-corrected chi connectivity index (χ2v) is 5.43. The standard InChI is InChI=1S/C18H12ClN3/c19-14-4-6-15(7-5-14)22-17(16-3-1-2-9-21-16)11-13-8-10-20-12-18(13)22/h1-12H. The molecule has 1 aromatic carbocycles. The molecule has 4 heteroatoms. The Morgan fingerprint density at radius 3 is 2.55 bits per heavy atom. The number of hydrogen-bond acceptors (Lipinski definition) is 2. The van der Waals surface area contributed by atoms with Crippen molar-refractivity contribution in [3.63, 3.8) is 0 Å². The molecule has 0 unspecified atom stereocenters. The largest absolute Gasteiger partial charge is 0.306 e. The molecule has 0 spiro atoms. The van der Waals surface area contributed by atoms with Crippen LogP contribution in [0.2, 0.25) is 5.02 Å². The van der Waals surface area contributed by atoms with Crippen molar-refractivity contribution in [2.75, 3.05) is 0 Å². The lowest BCUT2D eigenvalue weighted by atomic mass is 10.2. The maximum atomic E-state index is 6.01. The first kappa shape index (κ1) is 13.0. The highest BCUT2D eigenvalue weighted by Gasteiger charge is 2.13. The number of pyridine rings is 2. The van der Waals surface area contributed by atoms with Gasteiger partial charge in [-0.2, -0.15) is 0 Å². The highest BCUT2D eigenvalue weighted by molar-refractivity contribution is 6.30. The zero-order valence-corrected chi connectivity index (χ0v) is 12.4. The van der Waals surface area contributed by atoms with Gasteiger partial charge in [-0.15, -0.1) is 0 Å². The lowest BCUT2D eigenvalue weighted by Gasteiger charge is -2.10. The molecular formula is C18H12ClN3. The molecule has 0 radical (unpaired) electrons. The van der Waals surface area contributed by atoms with Gasteiger partial charge in [-0.3, -0.25) is 9.97 Å². The van der Waals surface area contributed by atoms with E-state index in [1.54, 1.807) is 12.4 Å². The van der Waals surface area contributed by atoms with Gasteiger partial charge in [0.1, 0.15) is 0 Å². The minimum atomic E-state index is 0.720. The van der Waals surface area contributed by atoms with Crippen molar-refractivity contribution in [3.8, 4) is 17.1 Å². The van der Waals surface area contributed by atoms with E-state index in [2.05, 4.69) is 20.6 Å². The van der Waals surface area contributed by atoms with E-state index in [1.807, 2.05) is 54.7 Å². The van der Waals surface area contributed by atoms with Crippen LogP contribution in [0.25, 0.3) is 28.0 Å². The molecule has 3 heterocycles. The minimum Gasteiger partial charge on any atom is -0.306 e. The molecule has 22 heavy (non-hydrogen) atoms. The summed E-state index contributed by atoms with van der Waals surface area (Å²) < 4.78 is 2.15. The van der Waals surface area contributed by atoms with Crippen molar-refractivity contribution in [2.45, 2.75) is 0 Å². The fourth-order valence-electron chi connectivity index (χ4n) is 2.62. The fraction of sp³-hybridized carbons (Fsp3) is 0. The molecule has 0 fully saturated rings. The van der Waals surface area contributed by atoms with Gasteiger partial charge in [-0.1, -0.05) is 17.7 Å². The van der Waals surface area contributed by atoms with Crippen molar-refractivity contribution >= 4 is 22.5 Å². The van der Waals surface area contributed by atoms with Crippen LogP contribution < -0.4 is 0 Å². The van der Waals surface area contributed by atoms with E-state index in [0.717, 1.165) is 33.0 Å². The third kappa shape index (κ3) is 2.16. The van der Waals surface area contributed by atoms with Crippen molar-refractivity contribution in [3.05, 3.63) is 78.2 Å². The summed E-state index contributed by atoms with van der Waals surface area (Å²) in [6, 6.07) is 17.8. The van der Waals surface area contributed by atoms with Crippen LogP contribution in [0.3, 0.4) is 0 Å². The number of halogens is 1. The summed E-state index contributed by atoms with van der Waals surface area (Å²) in [5, 5.41) is 1.85. The molecule has 0 aliphatic rings. The molecule has 0 aliphatic carbocycles. The molecule has 0 N–H and O–H groups in total. The van der Waals surface area contributed by atoms with Crippen LogP contribution in [0.5, 0.6) is 0 Å². The van der Waals surface area contributed by atoms with E-state index in [9.17, 15) is 0 Å². The van der Waals surface area contributed by atoms with Gasteiger partial charge in [-0.05, 0) is 48.5 Å². The summed E-state index contributed by atoms with van der Waals surface area (Å²) in [5.41, 5.74) is 4.04. The van der Waals surface area contributed by atoms with Crippen LogP contribution in [-0.2, 0) is 0 Å². The summed E-state index contributed by atoms with van der Waals surface area (Å²) in [6.45, 7) is 0. The van der Waals surface area contributed by atoms with Gasteiger partial charge >= 0.3 is 0 Å². The fourth-order valence-corrected chi connectivity index (χ4v) is 2.74. The number of nitrogens with zero attached hydrogens (tertiary/aromatic N) is 3. The van der Waals surface area contributed by atoms with Crippen LogP contribution >= 0.6 is 11.6 Å². The molecule has 0 saturated carbocycles. The van der Waals surface area contributed by atoms with Crippen molar-refractivity contribution in [1.29, 1.82) is 0 Å². The molecule has 0 aliphatic heterocycles. The second kappa shape index (κ2) is 5.28. The number of hydrogen-bond donors (Lipinski definition) is 0. The Balaban J connectivity index is 2.04. The lowest BCUT2D eigenvalue weighted by Crippen LogP contribution is -1.97. The number of aromatic nitrogens is 3. The SMILES string of the molecule is Clc1ccc(-n2c(-c3ccccn3)cc3ccncc32)cc1. The van der Waals surface area contributed by atoms with E-state index in [-0.39, 0.29) is 0 Å². The van der Waals surface area contributed by atoms with Crippen molar-refractivity contribution < 1.29 is 0 Å². The molecule has 0 saturated heterocycles. The Morgan fingerprint density at radius 1 is 0.909 bits per heavy atom. The molecule has 4 rings (SSSR count). The molecule has 4 aromatic rings.